The number of nitrogens with zero attached hydrogens (tertiary/aromatic N) is 2. The molecule has 0 radical (unpaired) electrons. The molecule has 1 saturated heterocycles. The molecule has 114 valence electrons. The van der Waals surface area contributed by atoms with Gasteiger partial charge in [0.1, 0.15) is 5.82 Å². The predicted molar refractivity (Wildman–Crippen MR) is 72.9 cm³/mol. The Bertz CT molecular complexity index is 563. The highest BCUT2D eigenvalue weighted by molar-refractivity contribution is 5.37. The maximum atomic E-state index is 13.7. The van der Waals surface area contributed by atoms with Gasteiger partial charge in [0.05, 0.1) is 4.92 Å². The number of hydrogen-bond donors (Lipinski definition) is 1. The molecule has 1 aliphatic heterocycles. The summed E-state index contributed by atoms with van der Waals surface area (Å²) in [6, 6.07) is 2.53. The first kappa shape index (κ1) is 14.3. The summed E-state index contributed by atoms with van der Waals surface area (Å²) >= 11 is 0. The third-order valence-corrected chi connectivity index (χ3v) is 4.18. The van der Waals surface area contributed by atoms with E-state index in [4.69, 9.17) is 0 Å². The molecule has 7 heteroatoms. The topological polar surface area (TPSA) is 58.4 Å². The third-order valence-electron chi connectivity index (χ3n) is 4.18. The second-order valence-corrected chi connectivity index (χ2v) is 5.74. The highest BCUT2D eigenvalue weighted by Crippen LogP contribution is 2.30. The molecule has 1 aromatic rings. The molecule has 0 spiro atoms. The lowest BCUT2D eigenvalue weighted by Gasteiger charge is -2.16. The van der Waals surface area contributed by atoms with E-state index in [9.17, 15) is 18.9 Å². The van der Waals surface area contributed by atoms with E-state index < -0.39 is 22.2 Å². The Labute approximate surface area is 121 Å². The molecule has 1 atom stereocenters. The molecule has 1 saturated carbocycles. The first-order chi connectivity index (χ1) is 10.0. The van der Waals surface area contributed by atoms with Crippen molar-refractivity contribution in [1.29, 1.82) is 0 Å². The van der Waals surface area contributed by atoms with E-state index in [0.717, 1.165) is 25.6 Å². The zero-order valence-electron chi connectivity index (χ0n) is 11.5. The quantitative estimate of drug-likeness (QED) is 0.668. The molecule has 2 fully saturated rings. The Balaban J connectivity index is 1.62. The maximum absolute atomic E-state index is 13.7. The monoisotopic (exact) mass is 297 g/mol. The van der Waals surface area contributed by atoms with Crippen LogP contribution in [0.5, 0.6) is 0 Å². The van der Waals surface area contributed by atoms with Crippen molar-refractivity contribution in [3.8, 4) is 0 Å². The van der Waals surface area contributed by atoms with Crippen molar-refractivity contribution >= 4 is 5.69 Å². The molecule has 1 heterocycles. The fourth-order valence-electron chi connectivity index (χ4n) is 2.84. The zero-order valence-corrected chi connectivity index (χ0v) is 11.5. The third kappa shape index (κ3) is 3.19. The van der Waals surface area contributed by atoms with Gasteiger partial charge in [-0.15, -0.1) is 0 Å². The Morgan fingerprint density at radius 2 is 2.05 bits per heavy atom. The van der Waals surface area contributed by atoms with Gasteiger partial charge in [-0.05, 0) is 19.3 Å². The van der Waals surface area contributed by atoms with Crippen LogP contribution < -0.4 is 5.32 Å². The number of nitro groups is 1. The average molecular weight is 297 g/mol. The van der Waals surface area contributed by atoms with Crippen molar-refractivity contribution in [3.05, 3.63) is 39.4 Å². The molecule has 1 aliphatic carbocycles. The SMILES string of the molecule is O=[N+]([O-])c1cc(CNC2CCN(C3CC3)C2)c(F)cc1F. The van der Waals surface area contributed by atoms with E-state index in [2.05, 4.69) is 10.2 Å². The molecular formula is C14H17F2N3O2. The summed E-state index contributed by atoms with van der Waals surface area (Å²) in [7, 11) is 0. The summed E-state index contributed by atoms with van der Waals surface area (Å²) in [5, 5.41) is 13.9. The first-order valence-electron chi connectivity index (χ1n) is 7.14. The minimum Gasteiger partial charge on any atom is -0.308 e. The standard InChI is InChI=1S/C14H17F2N3O2/c15-12-6-13(16)14(19(20)21)5-9(12)7-17-10-3-4-18(8-10)11-1-2-11/h5-6,10-11,17H,1-4,7-8H2. The van der Waals surface area contributed by atoms with Gasteiger partial charge in [0, 0.05) is 49.4 Å². The highest BCUT2D eigenvalue weighted by atomic mass is 19.1. The lowest BCUT2D eigenvalue weighted by atomic mass is 10.1. The van der Waals surface area contributed by atoms with E-state index in [-0.39, 0.29) is 18.2 Å². The second-order valence-electron chi connectivity index (χ2n) is 5.74. The fraction of sp³-hybridized carbons (Fsp3) is 0.571. The molecule has 0 bridgehead atoms. The fourth-order valence-corrected chi connectivity index (χ4v) is 2.84. The molecule has 1 N–H and O–H groups in total. The van der Waals surface area contributed by atoms with Crippen LogP contribution in [0.4, 0.5) is 14.5 Å². The summed E-state index contributed by atoms with van der Waals surface area (Å²) in [4.78, 5) is 12.3. The number of benzene rings is 1. The van der Waals surface area contributed by atoms with Crippen LogP contribution in [0.3, 0.4) is 0 Å². The van der Waals surface area contributed by atoms with Crippen LogP contribution in [0.25, 0.3) is 0 Å². The van der Waals surface area contributed by atoms with Gasteiger partial charge >= 0.3 is 5.69 Å². The molecule has 0 aromatic heterocycles. The number of halogens is 2. The van der Waals surface area contributed by atoms with Crippen LogP contribution in [-0.2, 0) is 6.54 Å². The number of nitro benzene ring substituents is 1. The summed E-state index contributed by atoms with van der Waals surface area (Å²) < 4.78 is 26.9. The van der Waals surface area contributed by atoms with Gasteiger partial charge in [0.2, 0.25) is 5.82 Å². The number of hydrogen-bond acceptors (Lipinski definition) is 4. The zero-order chi connectivity index (χ0) is 15.0. The van der Waals surface area contributed by atoms with E-state index in [1.165, 1.54) is 12.8 Å². The summed E-state index contributed by atoms with van der Waals surface area (Å²) in [6.45, 7) is 2.14. The molecular weight excluding hydrogens is 280 g/mol. The van der Waals surface area contributed by atoms with Crippen molar-refractivity contribution in [3.63, 3.8) is 0 Å². The van der Waals surface area contributed by atoms with E-state index in [0.29, 0.717) is 12.1 Å². The first-order valence-corrected chi connectivity index (χ1v) is 7.14. The van der Waals surface area contributed by atoms with Gasteiger partial charge in [0.25, 0.3) is 0 Å². The van der Waals surface area contributed by atoms with E-state index >= 15 is 0 Å². The summed E-state index contributed by atoms with van der Waals surface area (Å²) in [6.07, 6.45) is 3.50. The highest BCUT2D eigenvalue weighted by Gasteiger charge is 2.34. The maximum Gasteiger partial charge on any atom is 0.305 e. The van der Waals surface area contributed by atoms with Gasteiger partial charge in [-0.1, -0.05) is 0 Å². The van der Waals surface area contributed by atoms with Gasteiger partial charge in [-0.2, -0.15) is 4.39 Å². The number of rotatable bonds is 5. The molecule has 5 nitrogen and oxygen atoms in total. The molecule has 0 amide bonds. The Hall–Kier alpha value is -1.60. The van der Waals surface area contributed by atoms with Crippen LogP contribution in [0.1, 0.15) is 24.8 Å². The minimum absolute atomic E-state index is 0.132. The minimum atomic E-state index is -1.14. The average Bonchev–Trinajstić information content (AvgIpc) is 3.17. The van der Waals surface area contributed by atoms with Gasteiger partial charge < -0.3 is 5.32 Å². The van der Waals surface area contributed by atoms with Gasteiger partial charge in [0.15, 0.2) is 0 Å². The van der Waals surface area contributed by atoms with E-state index in [1.807, 2.05) is 0 Å². The summed E-state index contributed by atoms with van der Waals surface area (Å²) in [5.41, 5.74) is -0.549. The molecule has 2 aliphatic rings. The Morgan fingerprint density at radius 1 is 1.29 bits per heavy atom. The van der Waals surface area contributed by atoms with Crippen molar-refractivity contribution in [2.45, 2.75) is 37.9 Å². The number of nitrogens with one attached hydrogen (secondary N) is 1. The van der Waals surface area contributed by atoms with Crippen LogP contribution >= 0.6 is 0 Å². The van der Waals surface area contributed by atoms with Gasteiger partial charge in [-0.25, -0.2) is 4.39 Å². The largest absolute Gasteiger partial charge is 0.308 e. The molecule has 1 unspecified atom stereocenters. The second kappa shape index (κ2) is 5.65. The van der Waals surface area contributed by atoms with Crippen LogP contribution in [0.2, 0.25) is 0 Å². The van der Waals surface area contributed by atoms with Crippen molar-refractivity contribution < 1.29 is 13.7 Å². The Kier molecular flexibility index (Phi) is 3.86. The van der Waals surface area contributed by atoms with Crippen LogP contribution in [0, 0.1) is 21.7 Å². The molecule has 1 aromatic carbocycles. The Morgan fingerprint density at radius 3 is 2.71 bits per heavy atom. The van der Waals surface area contributed by atoms with Crippen LogP contribution in [-0.4, -0.2) is 35.0 Å². The van der Waals surface area contributed by atoms with Crippen LogP contribution in [0.15, 0.2) is 12.1 Å². The van der Waals surface area contributed by atoms with Gasteiger partial charge in [-0.3, -0.25) is 15.0 Å². The molecule has 21 heavy (non-hydrogen) atoms. The lowest BCUT2D eigenvalue weighted by molar-refractivity contribution is -0.387. The van der Waals surface area contributed by atoms with Crippen molar-refractivity contribution in [1.82, 2.24) is 10.2 Å². The van der Waals surface area contributed by atoms with Crippen molar-refractivity contribution in [2.24, 2.45) is 0 Å². The smallest absolute Gasteiger partial charge is 0.305 e. The predicted octanol–water partition coefficient (Wildman–Crippen LogP) is 2.20. The lowest BCUT2D eigenvalue weighted by Crippen LogP contribution is -2.33. The normalized spacial score (nSPS) is 22.7. The molecule has 3 rings (SSSR count). The van der Waals surface area contributed by atoms with E-state index in [1.54, 1.807) is 0 Å². The number of likely N-dealkylation sites (tertiary alicyclic amines) is 1. The van der Waals surface area contributed by atoms with Crippen molar-refractivity contribution in [2.75, 3.05) is 13.1 Å². The summed E-state index contributed by atoms with van der Waals surface area (Å²) in [5.74, 6) is -1.88.